The number of hydrogen-bond acceptors (Lipinski definition) is 6. The number of nitrogens with zero attached hydrogens (tertiary/aromatic N) is 3. The van der Waals surface area contributed by atoms with E-state index >= 15 is 0 Å². The molecule has 1 heterocycles. The van der Waals surface area contributed by atoms with Crippen molar-refractivity contribution < 1.29 is 9.85 Å². The summed E-state index contributed by atoms with van der Waals surface area (Å²) in [5.41, 5.74) is -0.620. The predicted molar refractivity (Wildman–Crippen MR) is 62.8 cm³/mol. The molecule has 0 aliphatic carbocycles. The van der Waals surface area contributed by atoms with Crippen LogP contribution in [0.2, 0.25) is 0 Å². The minimum Gasteiger partial charge on any atom is -0.287 e. The monoisotopic (exact) mass is 266 g/mol. The van der Waals surface area contributed by atoms with Crippen molar-refractivity contribution >= 4 is 22.7 Å². The van der Waals surface area contributed by atoms with Gasteiger partial charge in [0.1, 0.15) is 5.69 Å². The molecule has 18 heavy (non-hydrogen) atoms. The smallest absolute Gasteiger partial charge is 0.287 e. The van der Waals surface area contributed by atoms with Gasteiger partial charge in [0.15, 0.2) is 4.80 Å². The zero-order valence-corrected chi connectivity index (χ0v) is 9.59. The lowest BCUT2D eigenvalue weighted by Gasteiger charge is -2.03. The number of hydrogen-bond donors (Lipinski definition) is 1. The Bertz CT molecular complexity index is 690. The van der Waals surface area contributed by atoms with Crippen LogP contribution in [0.1, 0.15) is 0 Å². The normalized spacial score (nSPS) is 10.2. The average molecular weight is 266 g/mol. The zero-order chi connectivity index (χ0) is 13.3. The zero-order valence-electron chi connectivity index (χ0n) is 8.77. The second-order valence-corrected chi connectivity index (χ2v) is 4.16. The standard InChI is InChI=1S/C9H6N4O4S/c10-9-11(3-4-18-9)7-2-1-6(12(14)15)5-8(7)13(16)17/h1-5,10H. The minimum absolute atomic E-state index is 0.104. The fourth-order valence-electron chi connectivity index (χ4n) is 1.45. The summed E-state index contributed by atoms with van der Waals surface area (Å²) in [6.07, 6.45) is 1.50. The highest BCUT2D eigenvalue weighted by Gasteiger charge is 2.20. The van der Waals surface area contributed by atoms with Gasteiger partial charge in [0.2, 0.25) is 0 Å². The van der Waals surface area contributed by atoms with E-state index in [1.807, 2.05) is 0 Å². The van der Waals surface area contributed by atoms with E-state index in [-0.39, 0.29) is 16.2 Å². The topological polar surface area (TPSA) is 115 Å². The minimum atomic E-state index is -0.702. The number of thiazole rings is 1. The molecule has 8 nitrogen and oxygen atoms in total. The molecule has 0 saturated heterocycles. The molecule has 92 valence electrons. The Morgan fingerprint density at radius 3 is 2.44 bits per heavy atom. The maximum atomic E-state index is 10.9. The molecule has 0 aliphatic heterocycles. The van der Waals surface area contributed by atoms with Crippen LogP contribution in [0.4, 0.5) is 11.4 Å². The largest absolute Gasteiger partial charge is 0.300 e. The van der Waals surface area contributed by atoms with Crippen LogP contribution in [0.15, 0.2) is 29.8 Å². The summed E-state index contributed by atoms with van der Waals surface area (Å²) >= 11 is 1.10. The third kappa shape index (κ3) is 1.98. The van der Waals surface area contributed by atoms with E-state index in [0.29, 0.717) is 0 Å². The highest BCUT2D eigenvalue weighted by Crippen LogP contribution is 2.27. The molecule has 0 saturated carbocycles. The molecule has 0 radical (unpaired) electrons. The van der Waals surface area contributed by atoms with E-state index in [1.54, 1.807) is 5.38 Å². The molecule has 0 unspecified atom stereocenters. The Morgan fingerprint density at radius 2 is 1.94 bits per heavy atom. The van der Waals surface area contributed by atoms with Gasteiger partial charge in [-0.2, -0.15) is 0 Å². The average Bonchev–Trinajstić information content (AvgIpc) is 2.74. The summed E-state index contributed by atoms with van der Waals surface area (Å²) in [4.78, 5) is 20.2. The van der Waals surface area contributed by atoms with Crippen LogP contribution >= 0.6 is 11.3 Å². The molecule has 2 aromatic rings. The van der Waals surface area contributed by atoms with Gasteiger partial charge in [0.05, 0.1) is 15.9 Å². The van der Waals surface area contributed by atoms with E-state index in [2.05, 4.69) is 0 Å². The number of nitrogens with one attached hydrogen (secondary N) is 1. The first-order valence-corrected chi connectivity index (χ1v) is 5.52. The summed E-state index contributed by atoms with van der Waals surface area (Å²) in [5, 5.41) is 30.7. The maximum Gasteiger partial charge on any atom is 0.300 e. The highest BCUT2D eigenvalue weighted by atomic mass is 32.1. The Hall–Kier alpha value is -2.55. The number of rotatable bonds is 3. The molecule has 0 bridgehead atoms. The van der Waals surface area contributed by atoms with Crippen molar-refractivity contribution in [3.63, 3.8) is 0 Å². The van der Waals surface area contributed by atoms with Crippen molar-refractivity contribution in [1.82, 2.24) is 4.57 Å². The van der Waals surface area contributed by atoms with E-state index < -0.39 is 15.5 Å². The first-order valence-electron chi connectivity index (χ1n) is 4.64. The van der Waals surface area contributed by atoms with Crippen molar-refractivity contribution in [1.29, 1.82) is 5.41 Å². The SMILES string of the molecule is N=c1sccn1-c1ccc([N+](=O)[O-])cc1[N+](=O)[O-]. The summed E-state index contributed by atoms with van der Waals surface area (Å²) in [5.74, 6) is 0. The molecular weight excluding hydrogens is 260 g/mol. The van der Waals surface area contributed by atoms with Crippen molar-refractivity contribution in [3.05, 3.63) is 54.8 Å². The summed E-state index contributed by atoms with van der Waals surface area (Å²) in [6.45, 7) is 0. The molecule has 0 amide bonds. The first-order chi connectivity index (χ1) is 8.50. The molecule has 0 fully saturated rings. The highest BCUT2D eigenvalue weighted by molar-refractivity contribution is 7.07. The number of benzene rings is 1. The molecule has 0 aliphatic rings. The molecule has 1 N–H and O–H groups in total. The van der Waals surface area contributed by atoms with Crippen molar-refractivity contribution in [2.75, 3.05) is 0 Å². The van der Waals surface area contributed by atoms with Crippen molar-refractivity contribution in [3.8, 4) is 5.69 Å². The van der Waals surface area contributed by atoms with Crippen molar-refractivity contribution in [2.45, 2.75) is 0 Å². The van der Waals surface area contributed by atoms with Crippen LogP contribution in [-0.4, -0.2) is 14.4 Å². The van der Waals surface area contributed by atoms with E-state index in [1.165, 1.54) is 22.9 Å². The second-order valence-electron chi connectivity index (χ2n) is 3.27. The van der Waals surface area contributed by atoms with Gasteiger partial charge >= 0.3 is 0 Å². The Balaban J connectivity index is 2.69. The number of nitro benzene ring substituents is 2. The third-order valence-electron chi connectivity index (χ3n) is 2.23. The summed E-state index contributed by atoms with van der Waals surface area (Å²) < 4.78 is 1.30. The molecule has 1 aromatic heterocycles. The van der Waals surface area contributed by atoms with Crippen LogP contribution < -0.4 is 4.80 Å². The lowest BCUT2D eigenvalue weighted by molar-refractivity contribution is -0.394. The Morgan fingerprint density at radius 1 is 1.22 bits per heavy atom. The van der Waals surface area contributed by atoms with Crippen LogP contribution in [0.25, 0.3) is 5.69 Å². The van der Waals surface area contributed by atoms with Gasteiger partial charge in [0, 0.05) is 17.6 Å². The van der Waals surface area contributed by atoms with Gasteiger partial charge in [-0.05, 0) is 6.07 Å². The molecular formula is C9H6N4O4S. The van der Waals surface area contributed by atoms with Crippen LogP contribution in [-0.2, 0) is 0 Å². The second kappa shape index (κ2) is 4.37. The van der Waals surface area contributed by atoms with E-state index in [0.717, 1.165) is 17.4 Å². The lowest BCUT2D eigenvalue weighted by Crippen LogP contribution is -2.11. The first kappa shape index (κ1) is 11.9. The number of nitro groups is 2. The van der Waals surface area contributed by atoms with Gasteiger partial charge in [-0.3, -0.25) is 30.2 Å². The summed E-state index contributed by atoms with van der Waals surface area (Å²) in [7, 11) is 0. The fraction of sp³-hybridized carbons (Fsp3) is 0. The molecule has 9 heteroatoms. The third-order valence-corrected chi connectivity index (χ3v) is 2.91. The van der Waals surface area contributed by atoms with Gasteiger partial charge in [-0.25, -0.2) is 0 Å². The van der Waals surface area contributed by atoms with E-state index in [4.69, 9.17) is 5.41 Å². The molecule has 2 rings (SSSR count). The number of non-ortho nitro benzene ring substituents is 1. The lowest BCUT2D eigenvalue weighted by atomic mass is 10.2. The van der Waals surface area contributed by atoms with Gasteiger partial charge in [0.25, 0.3) is 11.4 Å². The Kier molecular flexibility index (Phi) is 2.90. The van der Waals surface area contributed by atoms with Crippen LogP contribution in [0.5, 0.6) is 0 Å². The summed E-state index contributed by atoms with van der Waals surface area (Å²) in [6, 6.07) is 3.33. The molecule has 0 spiro atoms. The Labute approximate surface area is 104 Å². The molecule has 1 aromatic carbocycles. The van der Waals surface area contributed by atoms with Crippen LogP contribution in [0.3, 0.4) is 0 Å². The number of aromatic nitrogens is 1. The van der Waals surface area contributed by atoms with Crippen LogP contribution in [0, 0.1) is 25.6 Å². The molecule has 0 atom stereocenters. The predicted octanol–water partition coefficient (Wildman–Crippen LogP) is 1.83. The van der Waals surface area contributed by atoms with Gasteiger partial charge in [-0.15, -0.1) is 11.3 Å². The fourth-order valence-corrected chi connectivity index (χ4v) is 2.03. The van der Waals surface area contributed by atoms with Gasteiger partial charge in [-0.1, -0.05) is 0 Å². The van der Waals surface area contributed by atoms with E-state index in [9.17, 15) is 20.2 Å². The maximum absolute atomic E-state index is 10.9. The van der Waals surface area contributed by atoms with Gasteiger partial charge < -0.3 is 0 Å². The van der Waals surface area contributed by atoms with Crippen molar-refractivity contribution in [2.24, 2.45) is 0 Å². The quantitative estimate of drug-likeness (QED) is 0.673.